The molecule has 0 bridgehead atoms. The van der Waals surface area contributed by atoms with Crippen LogP contribution >= 0.6 is 11.8 Å². The van der Waals surface area contributed by atoms with E-state index in [0.29, 0.717) is 5.75 Å². The molecule has 3 nitrogen and oxygen atoms in total. The molecule has 0 aliphatic rings. The topological polar surface area (TPSA) is 43.4 Å². The fourth-order valence-corrected chi connectivity index (χ4v) is 2.49. The van der Waals surface area contributed by atoms with E-state index in [9.17, 15) is 9.59 Å². The average molecular weight is 266 g/mol. The zero-order valence-electron chi connectivity index (χ0n) is 10.9. The van der Waals surface area contributed by atoms with E-state index in [4.69, 9.17) is 4.74 Å². The lowest BCUT2D eigenvalue weighted by atomic mass is 10.1. The van der Waals surface area contributed by atoms with Crippen molar-refractivity contribution in [3.63, 3.8) is 0 Å². The molecular weight excluding hydrogens is 248 g/mol. The number of carbonyl (C=O) groups excluding carboxylic acids is 2. The number of hydrogen-bond acceptors (Lipinski definition) is 4. The number of benzene rings is 1. The van der Waals surface area contributed by atoms with Crippen LogP contribution in [0.5, 0.6) is 0 Å². The number of thioether (sulfide) groups is 1. The first kappa shape index (κ1) is 14.8. The number of Topliss-reactive ketones (excluding diaryl/α,β-unsaturated/α-hetero) is 1. The van der Waals surface area contributed by atoms with Gasteiger partial charge in [-0.25, -0.2) is 0 Å². The van der Waals surface area contributed by atoms with Gasteiger partial charge in [-0.05, 0) is 19.4 Å². The van der Waals surface area contributed by atoms with Crippen LogP contribution in [0.3, 0.4) is 0 Å². The summed E-state index contributed by atoms with van der Waals surface area (Å²) in [5, 5.41) is 0. The molecule has 4 heteroatoms. The molecule has 0 saturated heterocycles. The zero-order chi connectivity index (χ0) is 13.6. The van der Waals surface area contributed by atoms with Gasteiger partial charge in [-0.1, -0.05) is 30.3 Å². The van der Waals surface area contributed by atoms with Crippen LogP contribution in [0.2, 0.25) is 0 Å². The second-order valence-electron chi connectivity index (χ2n) is 4.51. The number of esters is 1. The van der Waals surface area contributed by atoms with Crippen LogP contribution in [0, 0.1) is 0 Å². The van der Waals surface area contributed by atoms with E-state index in [1.54, 1.807) is 13.8 Å². The Morgan fingerprint density at radius 1 is 1.22 bits per heavy atom. The summed E-state index contributed by atoms with van der Waals surface area (Å²) >= 11 is 1.53. The first-order chi connectivity index (χ1) is 8.42. The van der Waals surface area contributed by atoms with Crippen molar-refractivity contribution >= 4 is 23.5 Å². The standard InChI is InChI=1S/C14H18O3S/c1-11(15)17-14(2,3)13(16)10-18-9-12-7-5-4-6-8-12/h4-8H,9-10H2,1-3H3. The molecule has 18 heavy (non-hydrogen) atoms. The first-order valence-electron chi connectivity index (χ1n) is 5.76. The largest absolute Gasteiger partial charge is 0.452 e. The van der Waals surface area contributed by atoms with Crippen molar-refractivity contribution in [3.05, 3.63) is 35.9 Å². The van der Waals surface area contributed by atoms with Gasteiger partial charge in [0.1, 0.15) is 0 Å². The number of ether oxygens (including phenoxy) is 1. The summed E-state index contributed by atoms with van der Waals surface area (Å²) in [5.41, 5.74) is 0.149. The lowest BCUT2D eigenvalue weighted by molar-refractivity contribution is -0.160. The molecule has 0 saturated carbocycles. The highest BCUT2D eigenvalue weighted by molar-refractivity contribution is 7.99. The van der Waals surface area contributed by atoms with Crippen LogP contribution in [-0.2, 0) is 20.1 Å². The van der Waals surface area contributed by atoms with Crippen molar-refractivity contribution in [2.75, 3.05) is 5.75 Å². The summed E-state index contributed by atoms with van der Waals surface area (Å²) in [6.45, 7) is 4.56. The predicted molar refractivity (Wildman–Crippen MR) is 73.5 cm³/mol. The van der Waals surface area contributed by atoms with Crippen LogP contribution < -0.4 is 0 Å². The molecule has 0 spiro atoms. The van der Waals surface area contributed by atoms with Gasteiger partial charge in [0.05, 0.1) is 5.75 Å². The van der Waals surface area contributed by atoms with Crippen molar-refractivity contribution in [1.29, 1.82) is 0 Å². The molecule has 98 valence electrons. The zero-order valence-corrected chi connectivity index (χ0v) is 11.8. The molecule has 1 aromatic rings. The predicted octanol–water partition coefficient (Wildman–Crippen LogP) is 2.83. The fraction of sp³-hybridized carbons (Fsp3) is 0.429. The van der Waals surface area contributed by atoms with Crippen molar-refractivity contribution in [2.45, 2.75) is 32.1 Å². The van der Waals surface area contributed by atoms with Gasteiger partial charge in [0.15, 0.2) is 11.4 Å². The number of hydrogen-bond donors (Lipinski definition) is 0. The maximum absolute atomic E-state index is 11.9. The van der Waals surface area contributed by atoms with E-state index >= 15 is 0 Å². The first-order valence-corrected chi connectivity index (χ1v) is 6.92. The maximum atomic E-state index is 11.9. The van der Waals surface area contributed by atoms with Gasteiger partial charge >= 0.3 is 5.97 Å². The van der Waals surface area contributed by atoms with Gasteiger partial charge in [0.2, 0.25) is 0 Å². The molecule has 0 heterocycles. The van der Waals surface area contributed by atoms with Crippen LogP contribution in [0.15, 0.2) is 30.3 Å². The molecule has 0 amide bonds. The van der Waals surface area contributed by atoms with Gasteiger partial charge < -0.3 is 4.74 Å². The summed E-state index contributed by atoms with van der Waals surface area (Å²) in [4.78, 5) is 22.8. The summed E-state index contributed by atoms with van der Waals surface area (Å²) in [7, 11) is 0. The van der Waals surface area contributed by atoms with E-state index in [1.807, 2.05) is 30.3 Å². The van der Waals surface area contributed by atoms with Gasteiger partial charge in [-0.3, -0.25) is 9.59 Å². The Kier molecular flexibility index (Phi) is 5.41. The third kappa shape index (κ3) is 4.92. The quantitative estimate of drug-likeness (QED) is 0.743. The number of rotatable bonds is 6. The molecule has 0 aromatic heterocycles. The molecule has 0 aliphatic heterocycles. The van der Waals surface area contributed by atoms with Gasteiger partial charge in [-0.15, -0.1) is 11.8 Å². The van der Waals surface area contributed by atoms with Gasteiger partial charge in [-0.2, -0.15) is 0 Å². The molecule has 0 aliphatic carbocycles. The lowest BCUT2D eigenvalue weighted by Crippen LogP contribution is -2.38. The lowest BCUT2D eigenvalue weighted by Gasteiger charge is -2.22. The van der Waals surface area contributed by atoms with E-state index in [-0.39, 0.29) is 5.78 Å². The summed E-state index contributed by atoms with van der Waals surface area (Å²) < 4.78 is 5.00. The fourth-order valence-electron chi connectivity index (χ4n) is 1.43. The highest BCUT2D eigenvalue weighted by atomic mass is 32.2. The van der Waals surface area contributed by atoms with Crippen LogP contribution in [0.4, 0.5) is 0 Å². The second-order valence-corrected chi connectivity index (χ2v) is 5.49. The summed E-state index contributed by atoms with van der Waals surface area (Å²) in [6, 6.07) is 9.95. The number of carbonyl (C=O) groups is 2. The monoisotopic (exact) mass is 266 g/mol. The Balaban J connectivity index is 2.39. The molecule has 0 fully saturated rings. The van der Waals surface area contributed by atoms with Crippen LogP contribution in [-0.4, -0.2) is 23.1 Å². The Hall–Kier alpha value is -1.29. The van der Waals surface area contributed by atoms with E-state index in [0.717, 1.165) is 5.75 Å². The highest BCUT2D eigenvalue weighted by Gasteiger charge is 2.30. The molecule has 1 rings (SSSR count). The van der Waals surface area contributed by atoms with E-state index in [1.165, 1.54) is 24.2 Å². The third-order valence-corrected chi connectivity index (χ3v) is 3.42. The number of ketones is 1. The summed E-state index contributed by atoms with van der Waals surface area (Å²) in [6.07, 6.45) is 0. The molecule has 0 unspecified atom stereocenters. The van der Waals surface area contributed by atoms with Crippen molar-refractivity contribution in [1.82, 2.24) is 0 Å². The van der Waals surface area contributed by atoms with Crippen LogP contribution in [0.1, 0.15) is 26.3 Å². The van der Waals surface area contributed by atoms with Crippen molar-refractivity contribution < 1.29 is 14.3 Å². The SMILES string of the molecule is CC(=O)OC(C)(C)C(=O)CSCc1ccccc1. The van der Waals surface area contributed by atoms with Crippen molar-refractivity contribution in [3.8, 4) is 0 Å². The highest BCUT2D eigenvalue weighted by Crippen LogP contribution is 2.17. The van der Waals surface area contributed by atoms with E-state index in [2.05, 4.69) is 0 Å². The third-order valence-electron chi connectivity index (χ3n) is 2.42. The van der Waals surface area contributed by atoms with E-state index < -0.39 is 11.6 Å². The van der Waals surface area contributed by atoms with Crippen LogP contribution in [0.25, 0.3) is 0 Å². The minimum absolute atomic E-state index is 0.0707. The average Bonchev–Trinajstić information content (AvgIpc) is 2.28. The Morgan fingerprint density at radius 3 is 2.39 bits per heavy atom. The minimum atomic E-state index is -1.03. The molecule has 0 N–H and O–H groups in total. The normalized spacial score (nSPS) is 11.1. The molecule has 0 radical (unpaired) electrons. The van der Waals surface area contributed by atoms with Gasteiger partial charge in [0.25, 0.3) is 0 Å². The smallest absolute Gasteiger partial charge is 0.303 e. The van der Waals surface area contributed by atoms with Crippen molar-refractivity contribution in [2.24, 2.45) is 0 Å². The Bertz CT molecular complexity index is 412. The molecular formula is C14H18O3S. The maximum Gasteiger partial charge on any atom is 0.303 e. The summed E-state index contributed by atoms with van der Waals surface area (Å²) in [5.74, 6) is 0.623. The minimum Gasteiger partial charge on any atom is -0.452 e. The molecule has 0 atom stereocenters. The Morgan fingerprint density at radius 2 is 1.83 bits per heavy atom. The Labute approximate surface area is 112 Å². The second kappa shape index (κ2) is 6.59. The van der Waals surface area contributed by atoms with Gasteiger partial charge in [0, 0.05) is 12.7 Å². The molecule has 1 aromatic carbocycles.